The molecule has 13 heteroatoms. The number of aliphatic carboxylic acids is 3. The molecule has 0 aliphatic carbocycles. The van der Waals surface area contributed by atoms with E-state index in [9.17, 15) is 47.4 Å². The van der Waals surface area contributed by atoms with E-state index in [0.717, 1.165) is 35.5 Å². The molecule has 0 aromatic heterocycles. The van der Waals surface area contributed by atoms with Crippen LogP contribution in [0.2, 0.25) is 0 Å². The van der Waals surface area contributed by atoms with Crippen LogP contribution in [0.1, 0.15) is 107 Å². The first-order valence-electron chi connectivity index (χ1n) is 21.9. The summed E-state index contributed by atoms with van der Waals surface area (Å²) in [6, 6.07) is 56.1. The highest BCUT2D eigenvalue weighted by Crippen LogP contribution is 2.45. The molecule has 0 aliphatic heterocycles. The zero-order valence-corrected chi connectivity index (χ0v) is 39.9. The number of benzene rings is 6. The number of ketones is 1. The number of carboxylic acids is 3. The maximum atomic E-state index is 11.8. The van der Waals surface area contributed by atoms with E-state index in [0.29, 0.717) is 11.1 Å². The first-order valence-corrected chi connectivity index (χ1v) is 21.9. The van der Waals surface area contributed by atoms with Crippen LogP contribution in [0.4, 0.5) is 12.9 Å². The Hall–Kier alpha value is -6.83. The van der Waals surface area contributed by atoms with Crippen molar-refractivity contribution in [2.45, 2.75) is 74.3 Å². The minimum atomic E-state index is -3.67. The lowest BCUT2D eigenvalue weighted by atomic mass is 9.67. The highest BCUT2D eigenvalue weighted by atomic mass is 19.4. The van der Waals surface area contributed by atoms with Gasteiger partial charge in [0.15, 0.2) is 5.78 Å². The average Bonchev–Trinajstić information content (AvgIpc) is 3.33. The van der Waals surface area contributed by atoms with Crippen molar-refractivity contribution in [3.63, 3.8) is 0 Å². The Balaban J connectivity index is 0.000000877. The van der Waals surface area contributed by atoms with E-state index in [4.69, 9.17) is 9.84 Å². The van der Waals surface area contributed by atoms with Gasteiger partial charge in [0.05, 0.1) is 16.7 Å². The van der Waals surface area contributed by atoms with Gasteiger partial charge >= 0.3 is 25.5 Å². The van der Waals surface area contributed by atoms with Gasteiger partial charge in [-0.15, -0.1) is 0 Å². The van der Waals surface area contributed by atoms with Crippen LogP contribution in [0.5, 0.6) is 0 Å². The summed E-state index contributed by atoms with van der Waals surface area (Å²) in [6.07, 6.45) is 0. The van der Waals surface area contributed by atoms with Gasteiger partial charge in [0, 0.05) is 30.3 Å². The first kappa shape index (κ1) is 62.2. The molecule has 0 atom stereocenters. The quantitative estimate of drug-likeness (QED) is 0.0653. The number of halogens is 3. The third-order valence-electron chi connectivity index (χ3n) is 10.3. The molecular formula is C56H68BF3O9. The fourth-order valence-electron chi connectivity index (χ4n) is 6.39. The normalized spacial score (nSPS) is 10.5. The molecule has 0 saturated heterocycles. The molecule has 370 valence electrons. The van der Waals surface area contributed by atoms with Crippen molar-refractivity contribution >= 4 is 31.2 Å². The van der Waals surface area contributed by atoms with Gasteiger partial charge in [-0.05, 0) is 63.8 Å². The Morgan fingerprint density at radius 2 is 0.783 bits per heavy atom. The van der Waals surface area contributed by atoms with Gasteiger partial charge in [0.2, 0.25) is 0 Å². The number of carbonyl (C=O) groups is 4. The molecule has 69 heavy (non-hydrogen) atoms. The van der Waals surface area contributed by atoms with E-state index in [1.54, 1.807) is 76.2 Å². The monoisotopic (exact) mass is 952 g/mol. The average molecular weight is 953 g/mol. The molecule has 6 aromatic rings. The van der Waals surface area contributed by atoms with Crippen molar-refractivity contribution < 1.29 is 57.3 Å². The zero-order valence-electron chi connectivity index (χ0n) is 39.9. The molecule has 0 unspecified atom stereocenters. The third kappa shape index (κ3) is 20.5. The van der Waals surface area contributed by atoms with Gasteiger partial charge in [-0.3, -0.25) is 32.1 Å². The van der Waals surface area contributed by atoms with Crippen LogP contribution in [0, 0.1) is 16.7 Å². The van der Waals surface area contributed by atoms with E-state index in [-0.39, 0.29) is 25.0 Å². The maximum absolute atomic E-state index is 11.8. The Morgan fingerprint density at radius 3 is 1.00 bits per heavy atom. The summed E-state index contributed by atoms with van der Waals surface area (Å²) >= 11 is 0. The topological polar surface area (TPSA) is 158 Å². The fourth-order valence-corrected chi connectivity index (χ4v) is 6.39. The largest absolute Gasteiger partial charge is 0.762 e. The van der Waals surface area contributed by atoms with Gasteiger partial charge in [0.25, 0.3) is 0 Å². The van der Waals surface area contributed by atoms with E-state index >= 15 is 0 Å². The molecule has 4 N–H and O–H groups in total. The number of aliphatic hydroxyl groups is 1. The highest BCUT2D eigenvalue weighted by Gasteiger charge is 2.51. The third-order valence-corrected chi connectivity index (χ3v) is 10.3. The molecule has 6 rings (SSSR count). The summed E-state index contributed by atoms with van der Waals surface area (Å²) in [5.41, 5.74) is 0.844. The summed E-state index contributed by atoms with van der Waals surface area (Å²) in [6.45, 7) is 15.6. The summed E-state index contributed by atoms with van der Waals surface area (Å²) in [5, 5.41) is 38.3. The first-order chi connectivity index (χ1) is 32.1. The summed E-state index contributed by atoms with van der Waals surface area (Å²) in [7, 11) is -3.67. The fraction of sp³-hybridized carbons (Fsp3) is 0.286. The molecule has 0 radical (unpaired) electrons. The number of hydrogen-bond donors (Lipinski definition) is 4. The SMILES string of the molecule is C.CC(C)(C(=O)O)C(O)(c1ccccc1)c1ccccc1.CC(C)(C(=O)O)C(c1ccccc1)c1ccccc1.CC(C)C(=O)O.CCOCC.FB(F)F.O=C(c1ccccc1)c1ccccc1. The second kappa shape index (κ2) is 32.0. The van der Waals surface area contributed by atoms with Gasteiger partial charge in [0.1, 0.15) is 5.60 Å². The van der Waals surface area contributed by atoms with Crippen molar-refractivity contribution in [2.75, 3.05) is 13.2 Å². The van der Waals surface area contributed by atoms with Crippen molar-refractivity contribution in [3.05, 3.63) is 215 Å². The Kier molecular flexibility index (Phi) is 28.9. The Morgan fingerprint density at radius 1 is 0.522 bits per heavy atom. The summed E-state index contributed by atoms with van der Waals surface area (Å²) in [4.78, 5) is 44.8. The second-order valence-electron chi connectivity index (χ2n) is 16.2. The molecular weight excluding hydrogens is 884 g/mol. The van der Waals surface area contributed by atoms with Gasteiger partial charge < -0.3 is 25.2 Å². The predicted molar refractivity (Wildman–Crippen MR) is 270 cm³/mol. The van der Waals surface area contributed by atoms with Crippen LogP contribution in [0.25, 0.3) is 0 Å². The van der Waals surface area contributed by atoms with Crippen LogP contribution in [0.3, 0.4) is 0 Å². The van der Waals surface area contributed by atoms with Crippen LogP contribution < -0.4 is 0 Å². The standard InChI is InChI=1S/C17H18O3.C17H18O2.C13H10O.C4H8O2.C4H10O.CH4.BF3/c1-16(2,15(18)19)17(20,13-9-5-3-6-10-13)14-11-7-4-8-12-14;1-17(2,16(18)19)15(13-9-5-3-6-10-13)14-11-7-4-8-12-14;14-13(11-7-3-1-4-8-11)12-9-5-2-6-10-12;1-3(2)4(5)6;1-3-5-4-2;;2-1(3)4/h3-12,20H,1-2H3,(H,18,19);3-12,15H,1-2H3,(H,18,19);1-10H;3H,1-2H3,(H,5,6);3-4H2,1-2H3;1H4;. The van der Waals surface area contributed by atoms with Crippen molar-refractivity contribution in [1.29, 1.82) is 0 Å². The van der Waals surface area contributed by atoms with E-state index in [2.05, 4.69) is 0 Å². The van der Waals surface area contributed by atoms with Crippen molar-refractivity contribution in [3.8, 4) is 0 Å². The molecule has 0 spiro atoms. The van der Waals surface area contributed by atoms with Crippen molar-refractivity contribution in [2.24, 2.45) is 16.7 Å². The highest BCUT2D eigenvalue weighted by molar-refractivity contribution is 6.33. The number of hydrogen-bond acceptors (Lipinski definition) is 6. The molecule has 0 amide bonds. The van der Waals surface area contributed by atoms with E-state index < -0.39 is 41.9 Å². The van der Waals surface area contributed by atoms with E-state index in [1.165, 1.54) is 13.8 Å². The minimum Gasteiger partial charge on any atom is -0.481 e. The summed E-state index contributed by atoms with van der Waals surface area (Å²) < 4.78 is 33.8. The van der Waals surface area contributed by atoms with Crippen LogP contribution >= 0.6 is 0 Å². The maximum Gasteiger partial charge on any atom is 0.762 e. The Bertz CT molecular complexity index is 2190. The lowest BCUT2D eigenvalue weighted by molar-refractivity contribution is -0.161. The smallest absolute Gasteiger partial charge is 0.481 e. The lowest BCUT2D eigenvalue weighted by Crippen LogP contribution is -2.48. The number of carbonyl (C=O) groups excluding carboxylic acids is 1. The Labute approximate surface area is 406 Å². The molecule has 6 aromatic carbocycles. The molecule has 0 fully saturated rings. The van der Waals surface area contributed by atoms with Crippen LogP contribution in [-0.2, 0) is 24.7 Å². The number of carboxylic acid groups (broad SMARTS) is 3. The van der Waals surface area contributed by atoms with Crippen LogP contribution in [0.15, 0.2) is 182 Å². The van der Waals surface area contributed by atoms with Gasteiger partial charge in [-0.1, -0.05) is 203 Å². The summed E-state index contributed by atoms with van der Waals surface area (Å²) in [5.74, 6) is -2.89. The number of ether oxygens (including phenoxy) is 1. The van der Waals surface area contributed by atoms with E-state index in [1.807, 2.05) is 147 Å². The van der Waals surface area contributed by atoms with Gasteiger partial charge in [-0.2, -0.15) is 0 Å². The molecule has 9 nitrogen and oxygen atoms in total. The molecule has 0 bridgehead atoms. The lowest BCUT2D eigenvalue weighted by Gasteiger charge is -2.40. The zero-order chi connectivity index (χ0) is 51.3. The minimum absolute atomic E-state index is 0. The van der Waals surface area contributed by atoms with Crippen molar-refractivity contribution in [1.82, 2.24) is 0 Å². The second-order valence-corrected chi connectivity index (χ2v) is 16.2. The molecule has 0 heterocycles. The number of rotatable bonds is 13. The van der Waals surface area contributed by atoms with Gasteiger partial charge in [-0.25, -0.2) is 0 Å². The molecule has 0 aliphatic rings. The van der Waals surface area contributed by atoms with Crippen LogP contribution in [-0.4, -0.2) is 64.9 Å². The predicted octanol–water partition coefficient (Wildman–Crippen LogP) is 13.2. The molecule has 0 saturated carbocycles.